The number of carboxylic acid groups (broad SMARTS) is 1. The number of aryl methyl sites for hydroxylation is 1. The molecule has 0 aliphatic carbocycles. The zero-order valence-electron chi connectivity index (χ0n) is 26.2. The van der Waals surface area contributed by atoms with E-state index in [4.69, 9.17) is 23.5 Å². The Labute approximate surface area is 272 Å². The van der Waals surface area contributed by atoms with Gasteiger partial charge in [-0.1, -0.05) is 11.2 Å². The van der Waals surface area contributed by atoms with Crippen molar-refractivity contribution in [1.82, 2.24) is 20.4 Å². The molecule has 14 nitrogen and oxygen atoms in total. The number of carbonyl (C=O) groups excluding carboxylic acids is 1. The first-order valence-corrected chi connectivity index (χ1v) is 15.0. The molecule has 3 N–H and O–H groups in total. The summed E-state index contributed by atoms with van der Waals surface area (Å²) in [4.78, 5) is 33.0. The Morgan fingerprint density at radius 3 is 2.56 bits per heavy atom. The largest absolute Gasteiger partial charge is 0.493 e. The number of aliphatic imine (C=N–C) groups is 1. The van der Waals surface area contributed by atoms with E-state index < -0.39 is 47.6 Å². The second kappa shape index (κ2) is 14.0. The van der Waals surface area contributed by atoms with Gasteiger partial charge in [-0.25, -0.2) is 9.59 Å². The Hall–Kier alpha value is -5.06. The first kappa shape index (κ1) is 34.3. The molecule has 2 aliphatic rings. The van der Waals surface area contributed by atoms with E-state index in [0.717, 1.165) is 11.6 Å². The lowest BCUT2D eigenvalue weighted by Gasteiger charge is -2.25. The van der Waals surface area contributed by atoms with Gasteiger partial charge in [0.05, 0.1) is 18.3 Å². The average molecular weight is 678 g/mol. The second-order valence-electron chi connectivity index (χ2n) is 12.0. The second-order valence-corrected chi connectivity index (χ2v) is 12.0. The number of fused-ring (bicyclic) bond motifs is 1. The van der Waals surface area contributed by atoms with Crippen LogP contribution in [-0.4, -0.2) is 81.5 Å². The topological polar surface area (TPSA) is 178 Å². The molecule has 2 aromatic carbocycles. The summed E-state index contributed by atoms with van der Waals surface area (Å²) in [6.45, 7) is 5.54. The third-order valence-corrected chi connectivity index (χ3v) is 7.10. The fourth-order valence-corrected chi connectivity index (χ4v) is 5.12. The van der Waals surface area contributed by atoms with Crippen LogP contribution in [0.2, 0.25) is 0 Å². The normalized spacial score (nSPS) is 18.1. The van der Waals surface area contributed by atoms with Crippen LogP contribution in [0.25, 0.3) is 11.4 Å². The lowest BCUT2D eigenvalue weighted by atomic mass is 10.1. The van der Waals surface area contributed by atoms with Gasteiger partial charge in [0.2, 0.25) is 17.7 Å². The predicted molar refractivity (Wildman–Crippen MR) is 161 cm³/mol. The number of amides is 2. The van der Waals surface area contributed by atoms with Crippen LogP contribution in [0.1, 0.15) is 56.7 Å². The van der Waals surface area contributed by atoms with Gasteiger partial charge in [-0.15, -0.1) is 4.99 Å². The Bertz CT molecular complexity index is 1670. The number of ether oxygens (including phenoxy) is 4. The molecule has 5 rings (SSSR count). The van der Waals surface area contributed by atoms with Crippen LogP contribution < -0.4 is 19.5 Å². The van der Waals surface area contributed by atoms with Crippen LogP contribution in [0.15, 0.2) is 45.9 Å². The molecule has 2 aliphatic heterocycles. The number of aliphatic hydroxyl groups is 1. The van der Waals surface area contributed by atoms with E-state index in [1.54, 1.807) is 26.8 Å². The number of β-amino-alcohol motifs (C(OH)–C–C–N with tert-alkyl or cyclic N) is 1. The highest BCUT2D eigenvalue weighted by atomic mass is 19.4. The maximum Gasteiger partial charge on any atom is 0.437 e. The highest BCUT2D eigenvalue weighted by Gasteiger charge is 2.40. The SMILES string of the molecule is CC(C)(C)OC(=O)N=C(NC(=O)O)N1CC(O)C[C@H]1c1nc(-c2ccc(OCCCc3ccc4c(c3)OCCO4)c(C(F)(F)F)c2)no1. The summed E-state index contributed by atoms with van der Waals surface area (Å²) in [5.41, 5.74) is -1.07. The van der Waals surface area contributed by atoms with Crippen LogP contribution in [0.5, 0.6) is 17.2 Å². The van der Waals surface area contributed by atoms with Crippen molar-refractivity contribution in [1.29, 1.82) is 0 Å². The Kier molecular flexibility index (Phi) is 9.98. The Morgan fingerprint density at radius 2 is 1.85 bits per heavy atom. The van der Waals surface area contributed by atoms with E-state index in [-0.39, 0.29) is 42.6 Å². The number of aliphatic hydroxyl groups excluding tert-OH is 1. The summed E-state index contributed by atoms with van der Waals surface area (Å²) in [6.07, 6.45) is -7.49. The number of likely N-dealkylation sites (tertiary alicyclic amines) is 1. The van der Waals surface area contributed by atoms with E-state index in [1.165, 1.54) is 17.0 Å². The first-order valence-electron chi connectivity index (χ1n) is 15.0. The fraction of sp³-hybridized carbons (Fsp3) is 0.452. The number of nitrogens with zero attached hydrogens (tertiary/aromatic N) is 4. The van der Waals surface area contributed by atoms with Gasteiger partial charge in [-0.05, 0) is 69.5 Å². The van der Waals surface area contributed by atoms with Crippen LogP contribution in [0.4, 0.5) is 22.8 Å². The summed E-state index contributed by atoms with van der Waals surface area (Å²) < 4.78 is 69.5. The number of hydrogen-bond donors (Lipinski definition) is 3. The minimum atomic E-state index is -4.77. The zero-order chi connectivity index (χ0) is 34.6. The lowest BCUT2D eigenvalue weighted by molar-refractivity contribution is -0.138. The number of carbonyl (C=O) groups is 2. The van der Waals surface area contributed by atoms with E-state index in [0.29, 0.717) is 37.6 Å². The standard InChI is InChI=1S/C31H34F3N5O9/c1-30(2,3)47-29(43)37-27(36-28(41)42)39-16-19(40)15-21(39)26-35-25(38-48-26)18-7-9-22(20(14-18)31(32,33)34)44-10-4-5-17-6-8-23-24(13-17)46-12-11-45-23/h6-9,13-14,19,21,40H,4-5,10-12,15-16H2,1-3H3,(H,41,42)(H,36,37,43)/t19?,21-/m0/s1. The van der Waals surface area contributed by atoms with Crippen molar-refractivity contribution in [3.63, 3.8) is 0 Å². The Morgan fingerprint density at radius 1 is 1.10 bits per heavy atom. The van der Waals surface area contributed by atoms with E-state index in [2.05, 4.69) is 15.1 Å². The van der Waals surface area contributed by atoms with Gasteiger partial charge >= 0.3 is 18.4 Å². The van der Waals surface area contributed by atoms with Gasteiger partial charge in [0.1, 0.15) is 30.6 Å². The molecule has 48 heavy (non-hydrogen) atoms. The lowest BCUT2D eigenvalue weighted by Crippen LogP contribution is -2.44. The predicted octanol–water partition coefficient (Wildman–Crippen LogP) is 5.20. The highest BCUT2D eigenvalue weighted by molar-refractivity contribution is 5.98. The molecule has 0 saturated carbocycles. The molecule has 0 spiro atoms. The van der Waals surface area contributed by atoms with Gasteiger partial charge in [0.25, 0.3) is 0 Å². The van der Waals surface area contributed by atoms with Gasteiger partial charge in [-0.2, -0.15) is 18.2 Å². The maximum atomic E-state index is 14.1. The van der Waals surface area contributed by atoms with Crippen LogP contribution in [-0.2, 0) is 17.3 Å². The first-order chi connectivity index (χ1) is 22.7. The molecule has 1 saturated heterocycles. The van der Waals surface area contributed by atoms with Crippen LogP contribution in [0, 0.1) is 0 Å². The molecule has 3 heterocycles. The third-order valence-electron chi connectivity index (χ3n) is 7.10. The fourth-order valence-electron chi connectivity index (χ4n) is 5.12. The number of alkyl halides is 3. The number of hydrogen-bond acceptors (Lipinski definition) is 10. The van der Waals surface area contributed by atoms with Crippen LogP contribution >= 0.6 is 0 Å². The quantitative estimate of drug-likeness (QED) is 0.169. The van der Waals surface area contributed by atoms with Crippen molar-refractivity contribution in [3.8, 4) is 28.6 Å². The summed E-state index contributed by atoms with van der Waals surface area (Å²) >= 11 is 0. The minimum Gasteiger partial charge on any atom is -0.493 e. The molecule has 2 amide bonds. The Balaban J connectivity index is 1.31. The van der Waals surface area contributed by atoms with Gasteiger partial charge in [0, 0.05) is 18.5 Å². The average Bonchev–Trinajstić information content (AvgIpc) is 3.64. The van der Waals surface area contributed by atoms with Gasteiger partial charge in [0.15, 0.2) is 11.5 Å². The van der Waals surface area contributed by atoms with Crippen molar-refractivity contribution in [3.05, 3.63) is 53.4 Å². The number of nitrogens with one attached hydrogen (secondary N) is 1. The molecular formula is C31H34F3N5O9. The summed E-state index contributed by atoms with van der Waals surface area (Å²) in [5.74, 6) is 0.0905. The van der Waals surface area contributed by atoms with E-state index >= 15 is 0 Å². The molecule has 0 radical (unpaired) electrons. The number of benzene rings is 2. The monoisotopic (exact) mass is 677 g/mol. The van der Waals surface area contributed by atoms with Crippen molar-refractivity contribution in [2.75, 3.05) is 26.4 Å². The molecule has 17 heteroatoms. The molecule has 2 atom stereocenters. The molecule has 3 aromatic rings. The number of guanidine groups is 1. The smallest absolute Gasteiger partial charge is 0.437 e. The maximum absolute atomic E-state index is 14.1. The third kappa shape index (κ3) is 8.64. The molecule has 0 bridgehead atoms. The van der Waals surface area contributed by atoms with Gasteiger partial charge < -0.3 is 38.6 Å². The van der Waals surface area contributed by atoms with Gasteiger partial charge in [-0.3, -0.25) is 5.32 Å². The molecule has 1 aromatic heterocycles. The van der Waals surface area contributed by atoms with Crippen molar-refractivity contribution in [2.24, 2.45) is 4.99 Å². The van der Waals surface area contributed by atoms with Crippen molar-refractivity contribution < 1.29 is 56.4 Å². The molecule has 1 fully saturated rings. The zero-order valence-corrected chi connectivity index (χ0v) is 26.2. The van der Waals surface area contributed by atoms with Crippen LogP contribution in [0.3, 0.4) is 0 Å². The number of aromatic nitrogens is 2. The summed E-state index contributed by atoms with van der Waals surface area (Å²) in [7, 11) is 0. The highest BCUT2D eigenvalue weighted by Crippen LogP contribution is 2.39. The van der Waals surface area contributed by atoms with Crippen molar-refractivity contribution in [2.45, 2.75) is 64.0 Å². The summed E-state index contributed by atoms with van der Waals surface area (Å²) in [6, 6.07) is 7.89. The van der Waals surface area contributed by atoms with Crippen molar-refractivity contribution >= 4 is 18.1 Å². The summed E-state index contributed by atoms with van der Waals surface area (Å²) in [5, 5.41) is 25.6. The number of halogens is 3. The van der Waals surface area contributed by atoms with E-state index in [1.807, 2.05) is 17.4 Å². The minimum absolute atomic E-state index is 0.0145. The van der Waals surface area contributed by atoms with E-state index in [9.17, 15) is 33.0 Å². The molecule has 258 valence electrons. The molecular weight excluding hydrogens is 643 g/mol. The number of rotatable bonds is 7. The molecule has 1 unspecified atom stereocenters.